The van der Waals surface area contributed by atoms with E-state index in [4.69, 9.17) is 11.6 Å². The van der Waals surface area contributed by atoms with E-state index in [1.165, 1.54) is 13.0 Å². The van der Waals surface area contributed by atoms with Gasteiger partial charge in [0.05, 0.1) is 0 Å². The first-order valence-corrected chi connectivity index (χ1v) is 8.88. The van der Waals surface area contributed by atoms with Crippen LogP contribution in [-0.4, -0.2) is 53.8 Å². The molecule has 1 aliphatic heterocycles. The molecule has 5 nitrogen and oxygen atoms in total. The molecule has 0 aromatic heterocycles. The number of halogens is 2. The molecule has 0 saturated carbocycles. The Labute approximate surface area is 153 Å². The normalized spacial score (nSPS) is 16.8. The van der Waals surface area contributed by atoms with Crippen molar-refractivity contribution in [2.45, 2.75) is 33.4 Å². The minimum atomic E-state index is -0.509. The van der Waals surface area contributed by atoms with Gasteiger partial charge in [-0.25, -0.2) is 4.39 Å². The molecule has 1 atom stereocenters. The summed E-state index contributed by atoms with van der Waals surface area (Å²) < 4.78 is 13.9. The number of nitrogens with zero attached hydrogens (tertiary/aromatic N) is 2. The largest absolute Gasteiger partial charge is 0.344 e. The smallest absolute Gasteiger partial charge is 0.245 e. The number of nitrogens with one attached hydrogen (secondary N) is 1. The Balaban J connectivity index is 1.94. The number of carbonyl (C=O) groups is 2. The second kappa shape index (κ2) is 8.63. The van der Waals surface area contributed by atoms with E-state index in [0.29, 0.717) is 43.3 Å². The second-order valence-electron chi connectivity index (χ2n) is 6.72. The van der Waals surface area contributed by atoms with Crippen LogP contribution in [0.2, 0.25) is 5.02 Å². The quantitative estimate of drug-likeness (QED) is 0.866. The highest BCUT2D eigenvalue weighted by atomic mass is 35.5. The predicted octanol–water partition coefficient (Wildman–Crippen LogP) is 2.28. The van der Waals surface area contributed by atoms with E-state index in [1.54, 1.807) is 17.0 Å². The van der Waals surface area contributed by atoms with Gasteiger partial charge in [0.15, 0.2) is 0 Å². The summed E-state index contributed by atoms with van der Waals surface area (Å²) in [5, 5.41) is 3.15. The molecule has 1 fully saturated rings. The first-order valence-electron chi connectivity index (χ1n) is 8.50. The van der Waals surface area contributed by atoms with Gasteiger partial charge in [-0.1, -0.05) is 31.5 Å². The maximum Gasteiger partial charge on any atom is 0.245 e. The molecule has 1 N–H and O–H groups in total. The van der Waals surface area contributed by atoms with E-state index in [2.05, 4.69) is 10.2 Å². The van der Waals surface area contributed by atoms with Crippen LogP contribution in [0.15, 0.2) is 18.2 Å². The van der Waals surface area contributed by atoms with Crippen LogP contribution < -0.4 is 5.32 Å². The third-order valence-electron chi connectivity index (χ3n) is 4.42. The fraction of sp³-hybridized carbons (Fsp3) is 0.556. The minimum absolute atomic E-state index is 0.0200. The number of hydrogen-bond acceptors (Lipinski definition) is 3. The third-order valence-corrected chi connectivity index (χ3v) is 4.77. The van der Waals surface area contributed by atoms with E-state index in [9.17, 15) is 14.0 Å². The SMILES string of the molecule is CC(=O)NC(C(=O)N1CCN(Cc2c(F)cccc2Cl)CC1)C(C)C. The standard InChI is InChI=1S/C18H25ClFN3O2/c1-12(2)17(21-13(3)24)18(25)23-9-7-22(8-10-23)11-14-15(19)5-4-6-16(14)20/h4-6,12,17H,7-11H2,1-3H3,(H,21,24). The van der Waals surface area contributed by atoms with Crippen molar-refractivity contribution >= 4 is 23.4 Å². The summed E-state index contributed by atoms with van der Waals surface area (Å²) in [5.74, 6) is -0.558. The fourth-order valence-corrected chi connectivity index (χ4v) is 3.19. The van der Waals surface area contributed by atoms with Crippen molar-refractivity contribution in [1.82, 2.24) is 15.1 Å². The van der Waals surface area contributed by atoms with Crippen molar-refractivity contribution in [3.05, 3.63) is 34.6 Å². The van der Waals surface area contributed by atoms with Crippen LogP contribution in [0.25, 0.3) is 0 Å². The Morgan fingerprint density at radius 2 is 1.88 bits per heavy atom. The monoisotopic (exact) mass is 369 g/mol. The van der Waals surface area contributed by atoms with Crippen LogP contribution in [0.1, 0.15) is 26.3 Å². The van der Waals surface area contributed by atoms with Crippen LogP contribution in [0.3, 0.4) is 0 Å². The van der Waals surface area contributed by atoms with Crippen LogP contribution in [-0.2, 0) is 16.1 Å². The van der Waals surface area contributed by atoms with Gasteiger partial charge in [-0.05, 0) is 18.1 Å². The highest BCUT2D eigenvalue weighted by molar-refractivity contribution is 6.31. The molecular formula is C18H25ClFN3O2. The number of carbonyl (C=O) groups excluding carboxylic acids is 2. The average molecular weight is 370 g/mol. The highest BCUT2D eigenvalue weighted by Crippen LogP contribution is 2.21. The first kappa shape index (κ1) is 19.7. The molecule has 2 amide bonds. The second-order valence-corrected chi connectivity index (χ2v) is 7.13. The average Bonchev–Trinajstić information content (AvgIpc) is 2.56. The van der Waals surface area contributed by atoms with E-state index >= 15 is 0 Å². The predicted molar refractivity (Wildman–Crippen MR) is 95.7 cm³/mol. The number of piperazine rings is 1. The van der Waals surface area contributed by atoms with Crippen LogP contribution in [0.5, 0.6) is 0 Å². The molecule has 0 aliphatic carbocycles. The Morgan fingerprint density at radius 1 is 1.24 bits per heavy atom. The van der Waals surface area contributed by atoms with Gasteiger partial charge in [-0.15, -0.1) is 0 Å². The molecule has 25 heavy (non-hydrogen) atoms. The number of benzene rings is 1. The Morgan fingerprint density at radius 3 is 2.40 bits per heavy atom. The fourth-order valence-electron chi connectivity index (χ4n) is 2.96. The molecular weight excluding hydrogens is 345 g/mol. The molecule has 2 rings (SSSR count). The summed E-state index contributed by atoms with van der Waals surface area (Å²) in [4.78, 5) is 27.8. The molecule has 0 bridgehead atoms. The molecule has 1 heterocycles. The van der Waals surface area contributed by atoms with E-state index in [0.717, 1.165) is 0 Å². The zero-order valence-corrected chi connectivity index (χ0v) is 15.6. The zero-order valence-electron chi connectivity index (χ0n) is 14.9. The van der Waals surface area contributed by atoms with E-state index in [-0.39, 0.29) is 23.5 Å². The Kier molecular flexibility index (Phi) is 6.79. The van der Waals surface area contributed by atoms with Crippen LogP contribution in [0.4, 0.5) is 4.39 Å². The molecule has 0 spiro atoms. The van der Waals surface area contributed by atoms with E-state index in [1.807, 2.05) is 13.8 Å². The molecule has 1 aliphatic rings. The lowest BCUT2D eigenvalue weighted by Crippen LogP contribution is -2.56. The maximum absolute atomic E-state index is 13.9. The Bertz CT molecular complexity index is 610. The van der Waals surface area contributed by atoms with Crippen molar-refractivity contribution in [2.75, 3.05) is 26.2 Å². The van der Waals surface area contributed by atoms with Gasteiger partial charge in [-0.2, -0.15) is 0 Å². The van der Waals surface area contributed by atoms with Crippen LogP contribution in [0, 0.1) is 11.7 Å². The van der Waals surface area contributed by atoms with Gasteiger partial charge in [0, 0.05) is 50.2 Å². The van der Waals surface area contributed by atoms with Crippen molar-refractivity contribution in [3.8, 4) is 0 Å². The summed E-state index contributed by atoms with van der Waals surface area (Å²) in [6.07, 6.45) is 0. The summed E-state index contributed by atoms with van der Waals surface area (Å²) >= 11 is 6.08. The van der Waals surface area contributed by atoms with Crippen molar-refractivity contribution in [1.29, 1.82) is 0 Å². The van der Waals surface area contributed by atoms with Gasteiger partial charge in [0.1, 0.15) is 11.9 Å². The summed E-state index contributed by atoms with van der Waals surface area (Å²) in [7, 11) is 0. The summed E-state index contributed by atoms with van der Waals surface area (Å²) in [6, 6.07) is 4.17. The van der Waals surface area contributed by atoms with Gasteiger partial charge in [-0.3, -0.25) is 14.5 Å². The van der Waals surface area contributed by atoms with Gasteiger partial charge in [0.2, 0.25) is 11.8 Å². The minimum Gasteiger partial charge on any atom is -0.344 e. The van der Waals surface area contributed by atoms with Crippen molar-refractivity contribution in [2.24, 2.45) is 5.92 Å². The number of amides is 2. The zero-order chi connectivity index (χ0) is 18.6. The van der Waals surface area contributed by atoms with Gasteiger partial charge < -0.3 is 10.2 Å². The lowest BCUT2D eigenvalue weighted by molar-refractivity contribution is -0.138. The molecule has 1 aromatic carbocycles. The van der Waals surface area contributed by atoms with E-state index < -0.39 is 6.04 Å². The molecule has 7 heteroatoms. The molecule has 0 radical (unpaired) electrons. The summed E-state index contributed by atoms with van der Waals surface area (Å²) in [5.41, 5.74) is 0.488. The topological polar surface area (TPSA) is 52.7 Å². The molecule has 1 saturated heterocycles. The maximum atomic E-state index is 13.9. The molecule has 1 unspecified atom stereocenters. The van der Waals surface area contributed by atoms with Crippen LogP contribution >= 0.6 is 11.6 Å². The lowest BCUT2D eigenvalue weighted by atomic mass is 10.0. The highest BCUT2D eigenvalue weighted by Gasteiger charge is 2.30. The summed E-state index contributed by atoms with van der Waals surface area (Å²) in [6.45, 7) is 8.04. The Hall–Kier alpha value is -1.66. The third kappa shape index (κ3) is 5.16. The van der Waals surface area contributed by atoms with Gasteiger partial charge >= 0.3 is 0 Å². The number of rotatable bonds is 5. The first-order chi connectivity index (χ1) is 11.8. The van der Waals surface area contributed by atoms with Crippen molar-refractivity contribution < 1.29 is 14.0 Å². The molecule has 138 valence electrons. The number of hydrogen-bond donors (Lipinski definition) is 1. The molecule has 1 aromatic rings. The van der Waals surface area contributed by atoms with Gasteiger partial charge in [0.25, 0.3) is 0 Å². The lowest BCUT2D eigenvalue weighted by Gasteiger charge is -2.37. The van der Waals surface area contributed by atoms with Crippen molar-refractivity contribution in [3.63, 3.8) is 0 Å².